The second kappa shape index (κ2) is 7.07. The second-order valence-electron chi connectivity index (χ2n) is 4.96. The summed E-state index contributed by atoms with van der Waals surface area (Å²) in [6.45, 7) is 2.52. The summed E-state index contributed by atoms with van der Waals surface area (Å²) in [4.78, 5) is 16.2. The maximum atomic E-state index is 12.0. The van der Waals surface area contributed by atoms with E-state index in [2.05, 4.69) is 4.99 Å². The van der Waals surface area contributed by atoms with E-state index in [0.29, 0.717) is 22.2 Å². The molecule has 0 atom stereocenters. The maximum absolute atomic E-state index is 12.0. The molecule has 0 fully saturated rings. The van der Waals surface area contributed by atoms with Crippen LogP contribution in [0.2, 0.25) is 10.0 Å². The lowest BCUT2D eigenvalue weighted by Gasteiger charge is -2.02. The third-order valence-corrected chi connectivity index (χ3v) is 3.82. The van der Waals surface area contributed by atoms with Gasteiger partial charge in [0.25, 0.3) is 0 Å². The summed E-state index contributed by atoms with van der Waals surface area (Å²) >= 11 is 12.0. The molecule has 1 heterocycles. The lowest BCUT2D eigenvalue weighted by molar-refractivity contribution is -0.129. The van der Waals surface area contributed by atoms with Gasteiger partial charge < -0.3 is 9.47 Å². The molecule has 1 aliphatic heterocycles. The molecule has 0 aliphatic carbocycles. The summed E-state index contributed by atoms with van der Waals surface area (Å²) in [5.41, 5.74) is 1.54. The summed E-state index contributed by atoms with van der Waals surface area (Å²) in [6, 6.07) is 12.2. The van der Waals surface area contributed by atoms with E-state index in [9.17, 15) is 4.79 Å². The SMILES string of the molecule is CCOc1ccc(C=C2N=C(c3ccc(Cl)cc3Cl)OC2=O)cc1. The topological polar surface area (TPSA) is 47.9 Å². The molecule has 2 aromatic carbocycles. The number of benzene rings is 2. The van der Waals surface area contributed by atoms with E-state index >= 15 is 0 Å². The number of aliphatic imine (C=N–C) groups is 1. The molecule has 3 rings (SSSR count). The van der Waals surface area contributed by atoms with Crippen LogP contribution < -0.4 is 4.74 Å². The number of esters is 1. The zero-order valence-electron chi connectivity index (χ0n) is 12.8. The highest BCUT2D eigenvalue weighted by Gasteiger charge is 2.25. The average molecular weight is 362 g/mol. The largest absolute Gasteiger partial charge is 0.494 e. The van der Waals surface area contributed by atoms with Gasteiger partial charge >= 0.3 is 5.97 Å². The lowest BCUT2D eigenvalue weighted by Crippen LogP contribution is -2.05. The van der Waals surface area contributed by atoms with Gasteiger partial charge in [0.05, 0.1) is 17.2 Å². The molecule has 0 aromatic heterocycles. The van der Waals surface area contributed by atoms with Crippen molar-refractivity contribution in [1.82, 2.24) is 0 Å². The van der Waals surface area contributed by atoms with Crippen molar-refractivity contribution in [2.45, 2.75) is 6.92 Å². The summed E-state index contributed by atoms with van der Waals surface area (Å²) in [5, 5.41) is 0.871. The normalized spacial score (nSPS) is 15.4. The average Bonchev–Trinajstić information content (AvgIpc) is 2.90. The molecule has 6 heteroatoms. The van der Waals surface area contributed by atoms with Gasteiger partial charge in [-0.2, -0.15) is 0 Å². The molecule has 0 spiro atoms. The van der Waals surface area contributed by atoms with Crippen LogP contribution in [0.5, 0.6) is 5.75 Å². The molecule has 24 heavy (non-hydrogen) atoms. The molecule has 122 valence electrons. The molecule has 2 aromatic rings. The highest BCUT2D eigenvalue weighted by molar-refractivity contribution is 6.37. The quantitative estimate of drug-likeness (QED) is 0.583. The second-order valence-corrected chi connectivity index (χ2v) is 5.81. The molecule has 0 radical (unpaired) electrons. The molecular weight excluding hydrogens is 349 g/mol. The first-order valence-corrected chi connectivity index (χ1v) is 8.03. The number of hydrogen-bond acceptors (Lipinski definition) is 4. The molecule has 0 saturated carbocycles. The Morgan fingerprint density at radius 2 is 1.92 bits per heavy atom. The minimum absolute atomic E-state index is 0.166. The number of hydrogen-bond donors (Lipinski definition) is 0. The molecule has 0 saturated heterocycles. The Morgan fingerprint density at radius 1 is 1.17 bits per heavy atom. The van der Waals surface area contributed by atoms with E-state index in [1.165, 1.54) is 0 Å². The van der Waals surface area contributed by atoms with Crippen LogP contribution in [0.3, 0.4) is 0 Å². The van der Waals surface area contributed by atoms with Crippen molar-refractivity contribution < 1.29 is 14.3 Å². The number of halogens is 2. The standard InChI is InChI=1S/C18H13Cl2NO3/c1-2-23-13-6-3-11(4-7-13)9-16-18(22)24-17(21-16)14-8-5-12(19)10-15(14)20/h3-10H,2H2,1H3. The highest BCUT2D eigenvalue weighted by atomic mass is 35.5. The zero-order valence-corrected chi connectivity index (χ0v) is 14.3. The van der Waals surface area contributed by atoms with Crippen LogP contribution in [0.25, 0.3) is 6.08 Å². The Labute approximate surface area is 149 Å². The number of carbonyl (C=O) groups excluding carboxylic acids is 1. The van der Waals surface area contributed by atoms with E-state index in [1.54, 1.807) is 24.3 Å². The number of carbonyl (C=O) groups is 1. The Kier molecular flexibility index (Phi) is 4.88. The fourth-order valence-electron chi connectivity index (χ4n) is 2.17. The molecule has 0 amide bonds. The predicted octanol–water partition coefficient (Wildman–Crippen LogP) is 4.74. The zero-order chi connectivity index (χ0) is 17.1. The van der Waals surface area contributed by atoms with Crippen LogP contribution in [0.4, 0.5) is 0 Å². The summed E-state index contributed by atoms with van der Waals surface area (Å²) < 4.78 is 10.6. The molecule has 1 aliphatic rings. The first-order valence-electron chi connectivity index (χ1n) is 7.27. The summed E-state index contributed by atoms with van der Waals surface area (Å²) in [7, 11) is 0. The van der Waals surface area contributed by atoms with Crippen LogP contribution in [-0.4, -0.2) is 18.5 Å². The summed E-state index contributed by atoms with van der Waals surface area (Å²) in [6.07, 6.45) is 1.65. The molecule has 0 N–H and O–H groups in total. The van der Waals surface area contributed by atoms with Crippen LogP contribution >= 0.6 is 23.2 Å². The Balaban J connectivity index is 1.88. The monoisotopic (exact) mass is 361 g/mol. The van der Waals surface area contributed by atoms with Crippen LogP contribution in [0, 0.1) is 0 Å². The molecule has 0 unspecified atom stereocenters. The van der Waals surface area contributed by atoms with Crippen molar-refractivity contribution in [3.8, 4) is 5.75 Å². The van der Waals surface area contributed by atoms with Crippen molar-refractivity contribution >= 4 is 41.1 Å². The third kappa shape index (κ3) is 3.61. The predicted molar refractivity (Wildman–Crippen MR) is 94.7 cm³/mol. The van der Waals surface area contributed by atoms with Gasteiger partial charge in [-0.25, -0.2) is 9.79 Å². The molecule has 4 nitrogen and oxygen atoms in total. The van der Waals surface area contributed by atoms with Gasteiger partial charge in [0.1, 0.15) is 5.75 Å². The first-order chi connectivity index (χ1) is 11.6. The van der Waals surface area contributed by atoms with Gasteiger partial charge in [0.2, 0.25) is 5.90 Å². The van der Waals surface area contributed by atoms with Crippen LogP contribution in [0.1, 0.15) is 18.1 Å². The van der Waals surface area contributed by atoms with E-state index in [1.807, 2.05) is 31.2 Å². The first kappa shape index (κ1) is 16.6. The van der Waals surface area contributed by atoms with Gasteiger partial charge in [-0.1, -0.05) is 35.3 Å². The minimum Gasteiger partial charge on any atom is -0.494 e. The van der Waals surface area contributed by atoms with Crippen molar-refractivity contribution in [3.05, 3.63) is 69.3 Å². The Hall–Kier alpha value is -2.30. The smallest absolute Gasteiger partial charge is 0.363 e. The van der Waals surface area contributed by atoms with Crippen LogP contribution in [-0.2, 0) is 9.53 Å². The highest BCUT2D eigenvalue weighted by Crippen LogP contribution is 2.26. The minimum atomic E-state index is -0.523. The fraction of sp³-hybridized carbons (Fsp3) is 0.111. The molecular formula is C18H13Cl2NO3. The van der Waals surface area contributed by atoms with Crippen molar-refractivity contribution in [1.29, 1.82) is 0 Å². The van der Waals surface area contributed by atoms with E-state index in [4.69, 9.17) is 32.7 Å². The number of nitrogens with zero attached hydrogens (tertiary/aromatic N) is 1. The van der Waals surface area contributed by atoms with E-state index < -0.39 is 5.97 Å². The molecule has 0 bridgehead atoms. The lowest BCUT2D eigenvalue weighted by atomic mass is 10.2. The van der Waals surface area contributed by atoms with Crippen molar-refractivity contribution in [3.63, 3.8) is 0 Å². The van der Waals surface area contributed by atoms with Crippen molar-refractivity contribution in [2.75, 3.05) is 6.61 Å². The van der Waals surface area contributed by atoms with Crippen LogP contribution in [0.15, 0.2) is 53.2 Å². The van der Waals surface area contributed by atoms with Gasteiger partial charge in [-0.05, 0) is 48.9 Å². The van der Waals surface area contributed by atoms with E-state index in [0.717, 1.165) is 11.3 Å². The van der Waals surface area contributed by atoms with Gasteiger partial charge in [0, 0.05) is 5.02 Å². The van der Waals surface area contributed by atoms with Gasteiger partial charge in [-0.3, -0.25) is 0 Å². The number of ether oxygens (including phenoxy) is 2. The van der Waals surface area contributed by atoms with Gasteiger partial charge in [0.15, 0.2) is 5.70 Å². The van der Waals surface area contributed by atoms with E-state index in [-0.39, 0.29) is 11.6 Å². The number of cyclic esters (lactones) is 1. The number of rotatable bonds is 4. The third-order valence-electron chi connectivity index (χ3n) is 3.28. The fourth-order valence-corrected chi connectivity index (χ4v) is 2.66. The Morgan fingerprint density at radius 3 is 2.58 bits per heavy atom. The van der Waals surface area contributed by atoms with Crippen molar-refractivity contribution in [2.24, 2.45) is 4.99 Å². The maximum Gasteiger partial charge on any atom is 0.363 e. The summed E-state index contributed by atoms with van der Waals surface area (Å²) in [5.74, 6) is 0.412. The van der Waals surface area contributed by atoms with Gasteiger partial charge in [-0.15, -0.1) is 0 Å². The Bertz CT molecular complexity index is 842.